The van der Waals surface area contributed by atoms with Crippen LogP contribution in [0, 0.1) is 0 Å². The zero-order chi connectivity index (χ0) is 36.3. The number of nitrogens with one attached hydrogen (secondary N) is 4. The number of azide groups is 1. The zero-order valence-electron chi connectivity index (χ0n) is 27.8. The molecule has 274 valence electrons. The number of hydrogen-bond donors (Lipinski definition) is 6. The smallest absolute Gasteiger partial charge is 0.305 e. The number of amides is 4. The van der Waals surface area contributed by atoms with E-state index in [9.17, 15) is 29.1 Å². The monoisotopic (exact) mass is 697 g/mol. The second-order valence-electron chi connectivity index (χ2n) is 10.3. The van der Waals surface area contributed by atoms with Crippen molar-refractivity contribution in [1.82, 2.24) is 16.0 Å². The number of hydrogen-bond acceptors (Lipinski definition) is 12. The minimum Gasteiger partial charge on any atom is -0.481 e. The predicted octanol–water partition coefficient (Wildman–Crippen LogP) is -0.130. The summed E-state index contributed by atoms with van der Waals surface area (Å²) in [5, 5.41) is 31.5. The second-order valence-corrected chi connectivity index (χ2v) is 10.3. The zero-order valence-corrected chi connectivity index (χ0v) is 27.8. The van der Waals surface area contributed by atoms with Crippen LogP contribution in [-0.2, 0) is 54.3 Å². The molecule has 0 aliphatic heterocycles. The average molecular weight is 698 g/mol. The van der Waals surface area contributed by atoms with Gasteiger partial charge >= 0.3 is 5.97 Å². The molecule has 1 rings (SSSR count). The molecular formula is C30H47N7O12. The number of anilines is 1. The van der Waals surface area contributed by atoms with Crippen LogP contribution in [0.4, 0.5) is 5.69 Å². The van der Waals surface area contributed by atoms with Gasteiger partial charge in [0.15, 0.2) is 0 Å². The molecule has 19 heteroatoms. The van der Waals surface area contributed by atoms with E-state index >= 15 is 0 Å². The molecular weight excluding hydrogens is 650 g/mol. The molecule has 0 bridgehead atoms. The maximum Gasteiger partial charge on any atom is 0.305 e. The summed E-state index contributed by atoms with van der Waals surface area (Å²) in [5.41, 5.74) is 9.08. The number of aliphatic carboxylic acids is 1. The third-order valence-electron chi connectivity index (χ3n) is 6.30. The molecule has 0 fully saturated rings. The highest BCUT2D eigenvalue weighted by Gasteiger charge is 2.27. The van der Waals surface area contributed by atoms with Gasteiger partial charge in [0.25, 0.3) is 0 Å². The van der Waals surface area contributed by atoms with Crippen LogP contribution in [0.2, 0.25) is 0 Å². The standard InChI is InChI=1S/C30H47N7O12/c1-21(33-26(39)7-9-45-11-13-47-15-17-49-18-16-48-14-12-46-10-8-32-37-31)28(42)34-22(2)29(43)36-25(19-27(40)41)30(44)35-24-5-3-23(20-38)4-6-24/h3-6,21-22,25,38H,7-20H2,1-2H3,(H,33,39)(H,34,42)(H,35,44)(H,36,43)(H,40,41). The Hall–Kier alpha value is -4.36. The highest BCUT2D eigenvalue weighted by atomic mass is 16.6. The van der Waals surface area contributed by atoms with Gasteiger partial charge in [-0.15, -0.1) is 0 Å². The van der Waals surface area contributed by atoms with E-state index in [-0.39, 0.29) is 32.8 Å². The van der Waals surface area contributed by atoms with Crippen LogP contribution in [0.15, 0.2) is 29.4 Å². The van der Waals surface area contributed by atoms with Crippen molar-refractivity contribution in [1.29, 1.82) is 0 Å². The quantitative estimate of drug-likeness (QED) is 0.0289. The lowest BCUT2D eigenvalue weighted by Crippen LogP contribution is -2.55. The number of carboxylic acids is 1. The van der Waals surface area contributed by atoms with Crippen LogP contribution in [0.3, 0.4) is 0 Å². The largest absolute Gasteiger partial charge is 0.481 e. The first-order valence-electron chi connectivity index (χ1n) is 15.6. The van der Waals surface area contributed by atoms with E-state index in [1.165, 1.54) is 26.0 Å². The summed E-state index contributed by atoms with van der Waals surface area (Å²) in [6.45, 7) is 6.15. The molecule has 3 unspecified atom stereocenters. The van der Waals surface area contributed by atoms with Crippen molar-refractivity contribution >= 4 is 35.3 Å². The van der Waals surface area contributed by atoms with Crippen LogP contribution in [0.5, 0.6) is 0 Å². The van der Waals surface area contributed by atoms with Gasteiger partial charge in [0.2, 0.25) is 23.6 Å². The SMILES string of the molecule is CC(NC(=O)CCOCCOCCOCCOCCOCCN=[N+]=[N-])C(=O)NC(C)C(=O)NC(CC(=O)O)C(=O)Nc1ccc(CO)cc1. The molecule has 4 amide bonds. The maximum absolute atomic E-state index is 12.7. The highest BCUT2D eigenvalue weighted by molar-refractivity contribution is 6.00. The number of carbonyl (C=O) groups is 5. The topological polar surface area (TPSA) is 269 Å². The fourth-order valence-electron chi connectivity index (χ4n) is 3.68. The molecule has 0 saturated heterocycles. The number of nitrogens with zero attached hydrogens (tertiary/aromatic N) is 3. The van der Waals surface area contributed by atoms with Gasteiger partial charge < -0.3 is 55.2 Å². The molecule has 6 N–H and O–H groups in total. The summed E-state index contributed by atoms with van der Waals surface area (Å²) in [6.07, 6.45) is -0.732. The van der Waals surface area contributed by atoms with Crippen molar-refractivity contribution in [2.24, 2.45) is 5.11 Å². The Morgan fingerprint density at radius 3 is 1.73 bits per heavy atom. The Morgan fingerprint density at radius 1 is 0.735 bits per heavy atom. The molecule has 0 aliphatic carbocycles. The number of aliphatic hydroxyl groups is 1. The van der Waals surface area contributed by atoms with E-state index in [1.807, 2.05) is 0 Å². The molecule has 19 nitrogen and oxygen atoms in total. The third-order valence-corrected chi connectivity index (χ3v) is 6.30. The fourth-order valence-corrected chi connectivity index (χ4v) is 3.68. The number of carboxylic acid groups (broad SMARTS) is 1. The number of benzene rings is 1. The van der Waals surface area contributed by atoms with Crippen molar-refractivity contribution in [3.8, 4) is 0 Å². The van der Waals surface area contributed by atoms with Gasteiger partial charge in [0.05, 0.1) is 79.1 Å². The Kier molecular flexibility index (Phi) is 23.1. The van der Waals surface area contributed by atoms with Gasteiger partial charge in [-0.25, -0.2) is 0 Å². The average Bonchev–Trinajstić information content (AvgIpc) is 3.07. The number of ether oxygens (including phenoxy) is 5. The summed E-state index contributed by atoms with van der Waals surface area (Å²) >= 11 is 0. The van der Waals surface area contributed by atoms with Gasteiger partial charge in [-0.1, -0.05) is 17.2 Å². The van der Waals surface area contributed by atoms with Crippen LogP contribution in [0.25, 0.3) is 10.4 Å². The Balaban J connectivity index is 2.20. The third kappa shape index (κ3) is 21.3. The van der Waals surface area contributed by atoms with Crippen molar-refractivity contribution in [3.63, 3.8) is 0 Å². The van der Waals surface area contributed by atoms with E-state index in [0.29, 0.717) is 64.1 Å². The van der Waals surface area contributed by atoms with E-state index in [2.05, 4.69) is 31.3 Å². The summed E-state index contributed by atoms with van der Waals surface area (Å²) in [6, 6.07) is 2.57. The molecule has 3 atom stereocenters. The lowest BCUT2D eigenvalue weighted by molar-refractivity contribution is -0.140. The Labute approximate surface area is 283 Å². The van der Waals surface area contributed by atoms with Crippen molar-refractivity contribution in [3.05, 3.63) is 40.3 Å². The minimum atomic E-state index is -1.44. The molecule has 49 heavy (non-hydrogen) atoms. The Bertz CT molecular complexity index is 1200. The van der Waals surface area contributed by atoms with Crippen LogP contribution < -0.4 is 21.3 Å². The summed E-state index contributed by atoms with van der Waals surface area (Å²) in [7, 11) is 0. The molecule has 0 radical (unpaired) electrons. The number of rotatable bonds is 28. The predicted molar refractivity (Wildman–Crippen MR) is 173 cm³/mol. The molecule has 0 spiro atoms. The first kappa shape index (κ1) is 42.7. The number of carbonyl (C=O) groups excluding carboxylic acids is 4. The van der Waals surface area contributed by atoms with Crippen LogP contribution in [0.1, 0.15) is 32.3 Å². The fraction of sp³-hybridized carbons (Fsp3) is 0.633. The van der Waals surface area contributed by atoms with Crippen LogP contribution in [-0.4, -0.2) is 131 Å². The van der Waals surface area contributed by atoms with Gasteiger partial charge in [-0.05, 0) is 37.1 Å². The number of aliphatic hydroxyl groups excluding tert-OH is 1. The van der Waals surface area contributed by atoms with Gasteiger partial charge in [-0.2, -0.15) is 0 Å². The second kappa shape index (κ2) is 26.6. The van der Waals surface area contributed by atoms with Crippen molar-refractivity contribution in [2.45, 2.75) is 51.4 Å². The highest BCUT2D eigenvalue weighted by Crippen LogP contribution is 2.11. The first-order chi connectivity index (χ1) is 23.6. The van der Waals surface area contributed by atoms with Gasteiger partial charge in [-0.3, -0.25) is 24.0 Å². The maximum atomic E-state index is 12.7. The molecule has 0 heterocycles. The normalized spacial score (nSPS) is 12.6. The van der Waals surface area contributed by atoms with Gasteiger partial charge in [0, 0.05) is 23.6 Å². The molecule has 1 aromatic rings. The lowest BCUT2D eigenvalue weighted by atomic mass is 10.1. The Morgan fingerprint density at radius 2 is 1.22 bits per heavy atom. The van der Waals surface area contributed by atoms with Crippen LogP contribution >= 0.6 is 0 Å². The van der Waals surface area contributed by atoms with E-state index in [4.69, 9.17) is 34.3 Å². The van der Waals surface area contributed by atoms with E-state index in [0.717, 1.165) is 0 Å². The first-order valence-corrected chi connectivity index (χ1v) is 15.6. The minimum absolute atomic E-state index is 0.0235. The van der Waals surface area contributed by atoms with E-state index < -0.39 is 54.1 Å². The molecule has 0 aliphatic rings. The van der Waals surface area contributed by atoms with Gasteiger partial charge in [0.1, 0.15) is 18.1 Å². The van der Waals surface area contributed by atoms with E-state index in [1.54, 1.807) is 12.1 Å². The summed E-state index contributed by atoms with van der Waals surface area (Å²) in [5.74, 6) is -4.05. The lowest BCUT2D eigenvalue weighted by Gasteiger charge is -2.21. The van der Waals surface area contributed by atoms with Crippen molar-refractivity contribution in [2.75, 3.05) is 77.9 Å². The summed E-state index contributed by atoms with van der Waals surface area (Å²) < 4.78 is 26.6. The molecule has 0 saturated carbocycles. The molecule has 1 aromatic carbocycles. The van der Waals surface area contributed by atoms with Crippen molar-refractivity contribution < 1.29 is 57.9 Å². The summed E-state index contributed by atoms with van der Waals surface area (Å²) in [4.78, 5) is 64.0. The molecule has 0 aromatic heterocycles.